The highest BCUT2D eigenvalue weighted by Crippen LogP contribution is 1.92. The summed E-state index contributed by atoms with van der Waals surface area (Å²) in [5.41, 5.74) is 0.348. The van der Waals surface area contributed by atoms with Gasteiger partial charge in [-0.1, -0.05) is 6.58 Å². The minimum absolute atomic E-state index is 0.0334. The average molecular weight is 234 g/mol. The predicted octanol–water partition coefficient (Wildman–Crippen LogP) is 0.238. The van der Waals surface area contributed by atoms with Crippen LogP contribution in [0, 0.1) is 0 Å². The molecule has 0 aliphatic carbocycles. The van der Waals surface area contributed by atoms with E-state index in [-0.39, 0.29) is 19.8 Å². The lowest BCUT2D eigenvalue weighted by atomic mass is 10.3. The van der Waals surface area contributed by atoms with Crippen molar-refractivity contribution in [3.05, 3.63) is 12.2 Å². The van der Waals surface area contributed by atoms with Crippen LogP contribution in [0.25, 0.3) is 0 Å². The number of esters is 1. The van der Waals surface area contributed by atoms with Gasteiger partial charge in [-0.3, -0.25) is 0 Å². The summed E-state index contributed by atoms with van der Waals surface area (Å²) in [7, 11) is 0. The molecule has 16 heavy (non-hydrogen) atoms. The molecule has 0 radical (unpaired) electrons. The van der Waals surface area contributed by atoms with Gasteiger partial charge in [0.1, 0.15) is 6.61 Å². The quantitative estimate of drug-likeness (QED) is 0.348. The molecule has 0 bridgehead atoms. The zero-order valence-corrected chi connectivity index (χ0v) is 9.98. The van der Waals surface area contributed by atoms with Crippen molar-refractivity contribution in [2.24, 2.45) is 0 Å². The third kappa shape index (κ3) is 15.6. The Morgan fingerprint density at radius 1 is 1.31 bits per heavy atom. The number of aliphatic hydroxyl groups is 3. The van der Waals surface area contributed by atoms with Crippen LogP contribution in [-0.2, 0) is 9.53 Å². The van der Waals surface area contributed by atoms with E-state index in [9.17, 15) is 4.79 Å². The van der Waals surface area contributed by atoms with Gasteiger partial charge in [0, 0.05) is 18.8 Å². The molecular weight excluding hydrogens is 212 g/mol. The molecule has 0 spiro atoms. The smallest absolute Gasteiger partial charge is 0.333 e. The fourth-order valence-corrected chi connectivity index (χ4v) is 0.543. The van der Waals surface area contributed by atoms with Gasteiger partial charge in [-0.05, 0) is 26.7 Å². The molecule has 1 atom stereocenters. The summed E-state index contributed by atoms with van der Waals surface area (Å²) in [5, 5.41) is 24.8. The molecule has 0 amide bonds. The maximum atomic E-state index is 10.6. The van der Waals surface area contributed by atoms with Crippen molar-refractivity contribution in [1.29, 1.82) is 0 Å². The van der Waals surface area contributed by atoms with Crippen LogP contribution in [0.3, 0.4) is 0 Å². The van der Waals surface area contributed by atoms with E-state index in [0.717, 1.165) is 12.8 Å². The minimum atomic E-state index is -0.608. The number of unbranched alkanes of at least 4 members (excludes halogenated alkanes) is 1. The maximum absolute atomic E-state index is 10.6. The fourth-order valence-electron chi connectivity index (χ4n) is 0.543. The molecule has 0 aliphatic heterocycles. The Morgan fingerprint density at radius 3 is 2.00 bits per heavy atom. The number of hydrogen-bond acceptors (Lipinski definition) is 5. The fraction of sp³-hybridized carbons (Fsp3) is 0.727. The van der Waals surface area contributed by atoms with Gasteiger partial charge in [-0.2, -0.15) is 0 Å². The monoisotopic (exact) mass is 234 g/mol. The molecule has 0 aliphatic rings. The first-order valence-electron chi connectivity index (χ1n) is 5.18. The van der Waals surface area contributed by atoms with E-state index < -0.39 is 12.1 Å². The summed E-state index contributed by atoms with van der Waals surface area (Å²) in [6.07, 6.45) is 0.829. The number of ether oxygens (including phenoxy) is 1. The molecular formula is C11H22O5. The largest absolute Gasteiger partial charge is 0.460 e. The summed E-state index contributed by atoms with van der Waals surface area (Å²) >= 11 is 0. The number of hydrogen-bond donors (Lipinski definition) is 3. The van der Waals surface area contributed by atoms with Gasteiger partial charge in [0.2, 0.25) is 0 Å². The van der Waals surface area contributed by atoms with Crippen molar-refractivity contribution in [3.8, 4) is 0 Å². The normalized spacial score (nSPS) is 11.1. The first-order valence-corrected chi connectivity index (χ1v) is 5.18. The Bertz CT molecular complexity index is 185. The minimum Gasteiger partial charge on any atom is -0.460 e. The van der Waals surface area contributed by atoms with Crippen LogP contribution in [0.2, 0.25) is 0 Å². The average Bonchev–Trinajstić information content (AvgIpc) is 2.23. The molecule has 5 heteroatoms. The Kier molecular flexibility index (Phi) is 13.3. The van der Waals surface area contributed by atoms with Gasteiger partial charge in [-0.15, -0.1) is 0 Å². The van der Waals surface area contributed by atoms with Crippen LogP contribution < -0.4 is 0 Å². The van der Waals surface area contributed by atoms with Crippen molar-refractivity contribution in [1.82, 2.24) is 0 Å². The van der Waals surface area contributed by atoms with E-state index in [1.165, 1.54) is 0 Å². The van der Waals surface area contributed by atoms with E-state index in [1.54, 1.807) is 13.8 Å². The van der Waals surface area contributed by atoms with Gasteiger partial charge in [0.05, 0.1) is 6.10 Å². The van der Waals surface area contributed by atoms with Crippen molar-refractivity contribution in [3.63, 3.8) is 0 Å². The highest BCUT2D eigenvalue weighted by atomic mass is 16.5. The summed E-state index contributed by atoms with van der Waals surface area (Å²) in [5.74, 6) is -0.457. The van der Waals surface area contributed by atoms with E-state index in [4.69, 9.17) is 15.3 Å². The molecule has 0 saturated carbocycles. The van der Waals surface area contributed by atoms with Crippen molar-refractivity contribution in [2.45, 2.75) is 32.8 Å². The van der Waals surface area contributed by atoms with Gasteiger partial charge < -0.3 is 20.1 Å². The molecule has 0 fully saturated rings. The molecule has 0 aromatic heterocycles. The van der Waals surface area contributed by atoms with Crippen LogP contribution in [0.15, 0.2) is 12.2 Å². The van der Waals surface area contributed by atoms with Crippen LogP contribution in [0.5, 0.6) is 0 Å². The van der Waals surface area contributed by atoms with E-state index in [2.05, 4.69) is 11.3 Å². The summed E-state index contributed by atoms with van der Waals surface area (Å²) in [4.78, 5) is 10.6. The van der Waals surface area contributed by atoms with Crippen LogP contribution >= 0.6 is 0 Å². The first-order chi connectivity index (χ1) is 7.45. The van der Waals surface area contributed by atoms with Gasteiger partial charge in [-0.25, -0.2) is 4.79 Å². The SMILES string of the molecule is C=C(C)C(=O)OCC(C)O.OCCCCO. The van der Waals surface area contributed by atoms with Gasteiger partial charge in [0.15, 0.2) is 0 Å². The Hall–Kier alpha value is -0.910. The second kappa shape index (κ2) is 12.2. The van der Waals surface area contributed by atoms with E-state index >= 15 is 0 Å². The molecule has 1 unspecified atom stereocenters. The highest BCUT2D eigenvalue weighted by Gasteiger charge is 2.03. The third-order valence-electron chi connectivity index (χ3n) is 1.37. The number of carbonyl (C=O) groups excluding carboxylic acids is 1. The topological polar surface area (TPSA) is 87.0 Å². The first kappa shape index (κ1) is 17.5. The van der Waals surface area contributed by atoms with Crippen LogP contribution in [0.4, 0.5) is 0 Å². The highest BCUT2D eigenvalue weighted by molar-refractivity contribution is 5.86. The summed E-state index contributed by atoms with van der Waals surface area (Å²) in [6, 6.07) is 0. The predicted molar refractivity (Wildman–Crippen MR) is 60.9 cm³/mol. The lowest BCUT2D eigenvalue weighted by molar-refractivity contribution is -0.141. The molecule has 0 saturated heterocycles. The Labute approximate surface area is 96.4 Å². The molecule has 0 aromatic rings. The second-order valence-corrected chi connectivity index (χ2v) is 3.38. The third-order valence-corrected chi connectivity index (χ3v) is 1.37. The standard InChI is InChI=1S/C7H12O3.C4H10O2/c1-5(2)7(9)10-4-6(3)8;5-3-1-2-4-6/h6,8H,1,4H2,2-3H3;5-6H,1-4H2. The lowest BCUT2D eigenvalue weighted by Crippen LogP contribution is -2.15. The molecule has 96 valence electrons. The zero-order chi connectivity index (χ0) is 13.0. The van der Waals surface area contributed by atoms with Gasteiger partial charge >= 0.3 is 5.97 Å². The summed E-state index contributed by atoms with van der Waals surface area (Å²) < 4.78 is 4.58. The number of rotatable bonds is 6. The molecule has 0 aromatic carbocycles. The van der Waals surface area contributed by atoms with E-state index in [1.807, 2.05) is 0 Å². The molecule has 0 heterocycles. The second-order valence-electron chi connectivity index (χ2n) is 3.38. The van der Waals surface area contributed by atoms with Crippen molar-refractivity contribution < 1.29 is 24.9 Å². The van der Waals surface area contributed by atoms with Crippen LogP contribution in [-0.4, -0.2) is 47.2 Å². The Balaban J connectivity index is 0. The van der Waals surface area contributed by atoms with Crippen LogP contribution in [0.1, 0.15) is 26.7 Å². The van der Waals surface area contributed by atoms with E-state index in [0.29, 0.717) is 5.57 Å². The van der Waals surface area contributed by atoms with Gasteiger partial charge in [0.25, 0.3) is 0 Å². The lowest BCUT2D eigenvalue weighted by Gasteiger charge is -2.04. The number of carbonyl (C=O) groups is 1. The molecule has 3 N–H and O–H groups in total. The zero-order valence-electron chi connectivity index (χ0n) is 9.98. The summed E-state index contributed by atoms with van der Waals surface area (Å²) in [6.45, 7) is 6.91. The maximum Gasteiger partial charge on any atom is 0.333 e. The Morgan fingerprint density at radius 2 is 1.75 bits per heavy atom. The van der Waals surface area contributed by atoms with Crippen molar-refractivity contribution in [2.75, 3.05) is 19.8 Å². The molecule has 5 nitrogen and oxygen atoms in total. The van der Waals surface area contributed by atoms with Crippen molar-refractivity contribution >= 4 is 5.97 Å². The number of aliphatic hydroxyl groups excluding tert-OH is 3. The molecule has 0 rings (SSSR count).